The molecule has 2 N–H and O–H groups in total. The maximum atomic E-state index is 14.3. The zero-order chi connectivity index (χ0) is 25.3. The molecule has 1 aliphatic rings. The molecule has 1 aromatic heterocycles. The van der Waals surface area contributed by atoms with E-state index in [9.17, 15) is 26.8 Å². The predicted octanol–water partition coefficient (Wildman–Crippen LogP) is 4.40. The van der Waals surface area contributed by atoms with Crippen molar-refractivity contribution < 1.29 is 36.6 Å². The lowest BCUT2D eigenvalue weighted by Crippen LogP contribution is -2.26. The van der Waals surface area contributed by atoms with Crippen LogP contribution in [0.25, 0.3) is 0 Å². The van der Waals surface area contributed by atoms with Crippen LogP contribution in [0.3, 0.4) is 0 Å². The van der Waals surface area contributed by atoms with Gasteiger partial charge in [0.1, 0.15) is 10.2 Å². The lowest BCUT2D eigenvalue weighted by molar-refractivity contribution is -0.136. The molecule has 1 heterocycles. The Bertz CT molecular complexity index is 1390. The standard InChI is InChI=1S/C22H17ClF2N2O6S2/c23-20-16(10-18(28)29)26-22(34-20)27-21(30)19(33-17-8-3-12(24)9-15(17)25)11-1-4-13(5-2-11)35(31,32)14-6-7-14/h1-5,8-9,14,19H,6-7,10H2,(H,28,29)(H,26,27,30). The average molecular weight is 543 g/mol. The summed E-state index contributed by atoms with van der Waals surface area (Å²) < 4.78 is 58.1. The lowest BCUT2D eigenvalue weighted by Gasteiger charge is -2.19. The number of carbonyl (C=O) groups is 2. The molecule has 35 heavy (non-hydrogen) atoms. The average Bonchev–Trinajstić information content (AvgIpc) is 3.59. The van der Waals surface area contributed by atoms with Gasteiger partial charge in [-0.25, -0.2) is 22.2 Å². The third-order valence-corrected chi connectivity index (χ3v) is 8.58. The van der Waals surface area contributed by atoms with Gasteiger partial charge in [-0.05, 0) is 37.1 Å². The van der Waals surface area contributed by atoms with Gasteiger partial charge in [0.25, 0.3) is 5.91 Å². The number of carboxylic acid groups (broad SMARTS) is 1. The normalized spacial score (nSPS) is 14.4. The summed E-state index contributed by atoms with van der Waals surface area (Å²) in [5.74, 6) is -4.28. The Hall–Kier alpha value is -3.09. The number of rotatable bonds is 9. The van der Waals surface area contributed by atoms with Crippen LogP contribution in [0.15, 0.2) is 47.4 Å². The minimum Gasteiger partial charge on any atom is -0.481 e. The summed E-state index contributed by atoms with van der Waals surface area (Å²) in [5.41, 5.74) is 0.241. The number of hydrogen-bond acceptors (Lipinski definition) is 7. The molecule has 3 aromatic rings. The molecule has 1 amide bonds. The van der Waals surface area contributed by atoms with E-state index in [-0.39, 0.29) is 25.6 Å². The number of ether oxygens (including phenoxy) is 1. The number of nitrogens with zero attached hydrogens (tertiary/aromatic N) is 1. The highest BCUT2D eigenvalue weighted by Crippen LogP contribution is 2.35. The first-order chi connectivity index (χ1) is 16.5. The Morgan fingerprint density at radius 2 is 1.89 bits per heavy atom. The highest BCUT2D eigenvalue weighted by atomic mass is 35.5. The second-order valence-electron chi connectivity index (χ2n) is 7.69. The van der Waals surface area contributed by atoms with Gasteiger partial charge in [0.2, 0.25) is 6.10 Å². The second-order valence-corrected chi connectivity index (χ2v) is 11.5. The maximum Gasteiger partial charge on any atom is 0.309 e. The first-order valence-electron chi connectivity index (χ1n) is 10.2. The Morgan fingerprint density at radius 1 is 1.20 bits per heavy atom. The summed E-state index contributed by atoms with van der Waals surface area (Å²) in [7, 11) is -3.47. The van der Waals surface area contributed by atoms with Crippen LogP contribution in [-0.2, 0) is 25.8 Å². The van der Waals surface area contributed by atoms with Crippen LogP contribution in [0.5, 0.6) is 5.75 Å². The zero-order valence-electron chi connectivity index (χ0n) is 17.7. The fourth-order valence-electron chi connectivity index (χ4n) is 3.18. The minimum absolute atomic E-state index is 0.0163. The van der Waals surface area contributed by atoms with E-state index in [2.05, 4.69) is 10.3 Å². The fraction of sp³-hybridized carbons (Fsp3) is 0.227. The largest absolute Gasteiger partial charge is 0.481 e. The molecule has 8 nitrogen and oxygen atoms in total. The predicted molar refractivity (Wildman–Crippen MR) is 123 cm³/mol. The summed E-state index contributed by atoms with van der Waals surface area (Å²) >= 11 is 6.82. The van der Waals surface area contributed by atoms with Crippen LogP contribution >= 0.6 is 22.9 Å². The van der Waals surface area contributed by atoms with E-state index in [4.69, 9.17) is 21.4 Å². The van der Waals surface area contributed by atoms with Crippen molar-refractivity contribution in [3.05, 3.63) is 69.7 Å². The smallest absolute Gasteiger partial charge is 0.309 e. The van der Waals surface area contributed by atoms with E-state index in [1.807, 2.05) is 0 Å². The molecule has 0 bridgehead atoms. The molecule has 0 saturated heterocycles. The van der Waals surface area contributed by atoms with Crippen LogP contribution in [-0.4, -0.2) is 35.6 Å². The van der Waals surface area contributed by atoms with Crippen molar-refractivity contribution >= 4 is 49.8 Å². The first kappa shape index (κ1) is 25.0. The van der Waals surface area contributed by atoms with Crippen LogP contribution in [0.2, 0.25) is 4.34 Å². The number of halogens is 3. The van der Waals surface area contributed by atoms with Gasteiger partial charge in [0.05, 0.1) is 22.3 Å². The Kier molecular flexibility index (Phi) is 7.06. The molecule has 0 radical (unpaired) electrons. The summed E-state index contributed by atoms with van der Waals surface area (Å²) in [6, 6.07) is 7.96. The number of benzene rings is 2. The Labute approximate surface area is 207 Å². The number of carbonyl (C=O) groups excluding carboxylic acids is 1. The zero-order valence-corrected chi connectivity index (χ0v) is 20.1. The summed E-state index contributed by atoms with van der Waals surface area (Å²) in [6.45, 7) is 0. The molecule has 4 rings (SSSR count). The number of amides is 1. The molecular weight excluding hydrogens is 526 g/mol. The minimum atomic E-state index is -3.47. The monoisotopic (exact) mass is 542 g/mol. The van der Waals surface area contributed by atoms with E-state index < -0.39 is 56.9 Å². The summed E-state index contributed by atoms with van der Waals surface area (Å²) in [6.07, 6.45) is -0.772. The third-order valence-electron chi connectivity index (χ3n) is 5.05. The molecule has 184 valence electrons. The topological polar surface area (TPSA) is 123 Å². The Morgan fingerprint density at radius 3 is 2.49 bits per heavy atom. The molecule has 1 atom stereocenters. The molecule has 1 aliphatic carbocycles. The van der Waals surface area contributed by atoms with Crippen molar-refractivity contribution in [2.24, 2.45) is 0 Å². The highest BCUT2D eigenvalue weighted by molar-refractivity contribution is 7.92. The second kappa shape index (κ2) is 9.88. The summed E-state index contributed by atoms with van der Waals surface area (Å²) in [4.78, 5) is 28.1. The molecule has 1 saturated carbocycles. The van der Waals surface area contributed by atoms with Gasteiger partial charge in [-0.15, -0.1) is 0 Å². The lowest BCUT2D eigenvalue weighted by atomic mass is 10.1. The third kappa shape index (κ3) is 5.77. The van der Waals surface area contributed by atoms with Gasteiger partial charge < -0.3 is 9.84 Å². The number of hydrogen-bond donors (Lipinski definition) is 2. The number of thiazole rings is 1. The quantitative estimate of drug-likeness (QED) is 0.411. The number of nitrogens with one attached hydrogen (secondary N) is 1. The van der Waals surface area contributed by atoms with Crippen molar-refractivity contribution in [1.82, 2.24) is 4.98 Å². The van der Waals surface area contributed by atoms with Crippen molar-refractivity contribution in [3.8, 4) is 5.75 Å². The molecule has 0 aliphatic heterocycles. The van der Waals surface area contributed by atoms with Crippen molar-refractivity contribution in [3.63, 3.8) is 0 Å². The van der Waals surface area contributed by atoms with E-state index in [1.54, 1.807) is 0 Å². The van der Waals surface area contributed by atoms with Gasteiger partial charge in [0, 0.05) is 11.6 Å². The molecule has 1 fully saturated rings. The van der Waals surface area contributed by atoms with Gasteiger partial charge >= 0.3 is 5.97 Å². The van der Waals surface area contributed by atoms with Crippen LogP contribution in [0, 0.1) is 11.6 Å². The van der Waals surface area contributed by atoms with Gasteiger partial charge in [-0.2, -0.15) is 0 Å². The summed E-state index contributed by atoms with van der Waals surface area (Å²) in [5, 5.41) is 11.0. The Balaban J connectivity index is 1.63. The first-order valence-corrected chi connectivity index (χ1v) is 12.9. The number of aromatic nitrogens is 1. The van der Waals surface area contributed by atoms with Crippen LogP contribution in [0.1, 0.15) is 30.2 Å². The van der Waals surface area contributed by atoms with Gasteiger partial charge in [0.15, 0.2) is 26.5 Å². The fourth-order valence-corrected chi connectivity index (χ4v) is 5.88. The van der Waals surface area contributed by atoms with E-state index in [0.29, 0.717) is 18.9 Å². The van der Waals surface area contributed by atoms with E-state index >= 15 is 0 Å². The van der Waals surface area contributed by atoms with Crippen molar-refractivity contribution in [2.75, 3.05) is 5.32 Å². The molecule has 13 heteroatoms. The van der Waals surface area contributed by atoms with Crippen LogP contribution < -0.4 is 10.1 Å². The molecular formula is C22H17ClF2N2O6S2. The SMILES string of the molecule is O=C(O)Cc1nc(NC(=O)C(Oc2ccc(F)cc2F)c2ccc(S(=O)(=O)C3CC3)cc2)sc1Cl. The van der Waals surface area contributed by atoms with Crippen LogP contribution in [0.4, 0.5) is 13.9 Å². The molecule has 1 unspecified atom stereocenters. The highest BCUT2D eigenvalue weighted by Gasteiger charge is 2.37. The number of sulfone groups is 1. The van der Waals surface area contributed by atoms with Gasteiger partial charge in [-0.1, -0.05) is 35.1 Å². The number of anilines is 1. The number of carboxylic acids is 1. The van der Waals surface area contributed by atoms with Crippen molar-refractivity contribution in [2.45, 2.75) is 35.5 Å². The van der Waals surface area contributed by atoms with Crippen molar-refractivity contribution in [1.29, 1.82) is 0 Å². The van der Waals surface area contributed by atoms with E-state index in [0.717, 1.165) is 23.5 Å². The molecule has 2 aromatic carbocycles. The van der Waals surface area contributed by atoms with Gasteiger partial charge in [-0.3, -0.25) is 14.9 Å². The maximum absolute atomic E-state index is 14.3. The number of aliphatic carboxylic acids is 1. The van der Waals surface area contributed by atoms with E-state index in [1.165, 1.54) is 24.3 Å². The molecule has 0 spiro atoms.